The van der Waals surface area contributed by atoms with E-state index in [2.05, 4.69) is 14.8 Å². The van der Waals surface area contributed by atoms with Gasteiger partial charge in [-0.15, -0.1) is 10.2 Å². The smallest absolute Gasteiger partial charge is 0.313 e. The minimum Gasteiger partial charge on any atom is -0.481 e. The van der Waals surface area contributed by atoms with Crippen molar-refractivity contribution in [3.05, 3.63) is 5.82 Å². The van der Waals surface area contributed by atoms with Crippen molar-refractivity contribution in [2.24, 2.45) is 0 Å². The van der Waals surface area contributed by atoms with E-state index in [0.717, 1.165) is 28.9 Å². The number of carbonyl (C=O) groups is 1. The first-order chi connectivity index (χ1) is 7.68. The minimum absolute atomic E-state index is 0.0397. The van der Waals surface area contributed by atoms with Gasteiger partial charge >= 0.3 is 5.97 Å². The fourth-order valence-corrected chi connectivity index (χ4v) is 3.69. The number of carboxylic acids is 1. The Kier molecular flexibility index (Phi) is 3.75. The second-order valence-electron chi connectivity index (χ2n) is 3.60. The van der Waals surface area contributed by atoms with Crippen LogP contribution in [0.3, 0.4) is 0 Å². The third kappa shape index (κ3) is 2.52. The number of hydrogen-bond donors (Lipinski definition) is 1. The normalized spacial score (nSPS) is 20.2. The zero-order valence-electron chi connectivity index (χ0n) is 8.92. The number of nitrogens with zero attached hydrogens (tertiary/aromatic N) is 3. The van der Waals surface area contributed by atoms with Crippen LogP contribution in [0.15, 0.2) is 5.16 Å². The van der Waals surface area contributed by atoms with Gasteiger partial charge in [-0.05, 0) is 19.1 Å². The average Bonchev–Trinajstić information content (AvgIpc) is 2.83. The molecule has 0 saturated carbocycles. The van der Waals surface area contributed by atoms with E-state index in [1.165, 1.54) is 11.8 Å². The molecule has 1 aromatic heterocycles. The Morgan fingerprint density at radius 2 is 2.50 bits per heavy atom. The summed E-state index contributed by atoms with van der Waals surface area (Å²) in [6.07, 6.45) is 1.12. The standard InChI is InChI=1S/C9H13N3O2S2/c1-6-10-11-9(16-5-8(13)14)12(6)7-2-3-15-4-7/h7H,2-5H2,1H3,(H,13,14). The molecule has 0 radical (unpaired) electrons. The van der Waals surface area contributed by atoms with Crippen molar-refractivity contribution in [3.8, 4) is 0 Å². The Morgan fingerprint density at radius 1 is 1.69 bits per heavy atom. The van der Waals surface area contributed by atoms with Gasteiger partial charge in [0.25, 0.3) is 0 Å². The molecule has 0 aliphatic carbocycles. The van der Waals surface area contributed by atoms with Crippen molar-refractivity contribution in [2.75, 3.05) is 17.3 Å². The van der Waals surface area contributed by atoms with Crippen LogP contribution < -0.4 is 0 Å². The first kappa shape index (κ1) is 11.8. The molecule has 2 heterocycles. The van der Waals surface area contributed by atoms with Crippen LogP contribution in [0, 0.1) is 6.92 Å². The highest BCUT2D eigenvalue weighted by Crippen LogP contribution is 2.31. The van der Waals surface area contributed by atoms with E-state index in [1.807, 2.05) is 18.7 Å². The van der Waals surface area contributed by atoms with E-state index >= 15 is 0 Å². The fourth-order valence-electron chi connectivity index (χ4n) is 1.72. The van der Waals surface area contributed by atoms with Crippen molar-refractivity contribution in [1.82, 2.24) is 14.8 Å². The second kappa shape index (κ2) is 5.09. The van der Waals surface area contributed by atoms with Gasteiger partial charge in [0.15, 0.2) is 5.16 Å². The fraction of sp³-hybridized carbons (Fsp3) is 0.667. The van der Waals surface area contributed by atoms with E-state index in [0.29, 0.717) is 6.04 Å². The molecule has 88 valence electrons. The van der Waals surface area contributed by atoms with Gasteiger partial charge in [-0.2, -0.15) is 11.8 Å². The zero-order chi connectivity index (χ0) is 11.5. The molecule has 1 aliphatic rings. The van der Waals surface area contributed by atoms with Gasteiger partial charge in [-0.3, -0.25) is 4.79 Å². The predicted octanol–water partition coefficient (Wildman–Crippen LogP) is 1.44. The lowest BCUT2D eigenvalue weighted by Gasteiger charge is -2.14. The predicted molar refractivity (Wildman–Crippen MR) is 64.1 cm³/mol. The van der Waals surface area contributed by atoms with Crippen molar-refractivity contribution in [2.45, 2.75) is 24.5 Å². The molecule has 2 rings (SSSR count). The molecule has 1 atom stereocenters. The lowest BCUT2D eigenvalue weighted by atomic mass is 10.2. The lowest BCUT2D eigenvalue weighted by molar-refractivity contribution is -0.133. The Morgan fingerprint density at radius 3 is 3.12 bits per heavy atom. The van der Waals surface area contributed by atoms with Crippen molar-refractivity contribution in [1.29, 1.82) is 0 Å². The Labute approximate surface area is 102 Å². The quantitative estimate of drug-likeness (QED) is 0.825. The number of thioether (sulfide) groups is 2. The number of carboxylic acid groups (broad SMARTS) is 1. The number of hydrogen-bond acceptors (Lipinski definition) is 5. The molecule has 5 nitrogen and oxygen atoms in total. The van der Waals surface area contributed by atoms with E-state index in [1.54, 1.807) is 0 Å². The summed E-state index contributed by atoms with van der Waals surface area (Å²) in [6.45, 7) is 1.92. The topological polar surface area (TPSA) is 68.0 Å². The summed E-state index contributed by atoms with van der Waals surface area (Å²) in [7, 11) is 0. The molecule has 1 saturated heterocycles. The first-order valence-corrected chi connectivity index (χ1v) is 7.16. The third-order valence-electron chi connectivity index (χ3n) is 2.43. The van der Waals surface area contributed by atoms with E-state index in [-0.39, 0.29) is 5.75 Å². The van der Waals surface area contributed by atoms with Gasteiger partial charge in [-0.25, -0.2) is 0 Å². The molecule has 7 heteroatoms. The zero-order valence-corrected chi connectivity index (χ0v) is 10.6. The van der Waals surface area contributed by atoms with Gasteiger partial charge in [0.1, 0.15) is 5.82 Å². The third-order valence-corrected chi connectivity index (χ3v) is 4.50. The summed E-state index contributed by atoms with van der Waals surface area (Å²) in [4.78, 5) is 10.5. The van der Waals surface area contributed by atoms with E-state index in [4.69, 9.17) is 5.11 Å². The monoisotopic (exact) mass is 259 g/mol. The molecule has 0 amide bonds. The molecule has 1 aromatic rings. The van der Waals surface area contributed by atoms with Crippen LogP contribution >= 0.6 is 23.5 Å². The van der Waals surface area contributed by atoms with Crippen molar-refractivity contribution >= 4 is 29.5 Å². The first-order valence-electron chi connectivity index (χ1n) is 5.02. The number of rotatable bonds is 4. The molecule has 1 aliphatic heterocycles. The average molecular weight is 259 g/mol. The van der Waals surface area contributed by atoms with Crippen LogP contribution in [-0.4, -0.2) is 43.1 Å². The SMILES string of the molecule is Cc1nnc(SCC(=O)O)n1C1CCSC1. The highest BCUT2D eigenvalue weighted by molar-refractivity contribution is 8.00. The molecule has 1 fully saturated rings. The number of aromatic nitrogens is 3. The maximum atomic E-state index is 10.5. The van der Waals surface area contributed by atoms with Gasteiger partial charge in [0, 0.05) is 11.8 Å². The molecule has 0 aromatic carbocycles. The molecule has 1 N–H and O–H groups in total. The summed E-state index contributed by atoms with van der Waals surface area (Å²) < 4.78 is 2.08. The highest BCUT2D eigenvalue weighted by Gasteiger charge is 2.23. The number of aliphatic carboxylic acids is 1. The summed E-state index contributed by atoms with van der Waals surface area (Å²) in [6, 6.07) is 0.427. The van der Waals surface area contributed by atoms with Crippen LogP contribution in [0.4, 0.5) is 0 Å². The van der Waals surface area contributed by atoms with Crippen molar-refractivity contribution in [3.63, 3.8) is 0 Å². The largest absolute Gasteiger partial charge is 0.481 e. The van der Waals surface area contributed by atoms with Crippen LogP contribution in [-0.2, 0) is 4.79 Å². The summed E-state index contributed by atoms with van der Waals surface area (Å²) in [5, 5.41) is 17.4. The van der Waals surface area contributed by atoms with Gasteiger partial charge in [0.05, 0.1) is 5.75 Å². The summed E-state index contributed by atoms with van der Waals surface area (Å²) >= 11 is 3.16. The molecule has 0 spiro atoms. The van der Waals surface area contributed by atoms with E-state index in [9.17, 15) is 4.79 Å². The Hall–Kier alpha value is -0.690. The maximum absolute atomic E-state index is 10.5. The molecule has 0 bridgehead atoms. The van der Waals surface area contributed by atoms with Gasteiger partial charge in [0.2, 0.25) is 0 Å². The van der Waals surface area contributed by atoms with Gasteiger partial charge in [-0.1, -0.05) is 11.8 Å². The molecular weight excluding hydrogens is 246 g/mol. The highest BCUT2D eigenvalue weighted by atomic mass is 32.2. The summed E-state index contributed by atoms with van der Waals surface area (Å²) in [5.74, 6) is 2.32. The van der Waals surface area contributed by atoms with E-state index < -0.39 is 5.97 Å². The van der Waals surface area contributed by atoms with Gasteiger partial charge < -0.3 is 9.67 Å². The van der Waals surface area contributed by atoms with Crippen LogP contribution in [0.25, 0.3) is 0 Å². The maximum Gasteiger partial charge on any atom is 0.313 e. The Bertz CT molecular complexity index is 388. The molecule has 16 heavy (non-hydrogen) atoms. The molecule has 1 unspecified atom stereocenters. The van der Waals surface area contributed by atoms with Crippen LogP contribution in [0.2, 0.25) is 0 Å². The minimum atomic E-state index is -0.821. The summed E-state index contributed by atoms with van der Waals surface area (Å²) in [5.41, 5.74) is 0. The Balaban J connectivity index is 2.14. The number of aryl methyl sites for hydroxylation is 1. The van der Waals surface area contributed by atoms with Crippen LogP contribution in [0.5, 0.6) is 0 Å². The molecular formula is C9H13N3O2S2. The van der Waals surface area contributed by atoms with Crippen molar-refractivity contribution < 1.29 is 9.90 Å². The second-order valence-corrected chi connectivity index (χ2v) is 5.69. The lowest BCUT2D eigenvalue weighted by Crippen LogP contribution is -2.11. The van der Waals surface area contributed by atoms with Crippen LogP contribution in [0.1, 0.15) is 18.3 Å².